The van der Waals surface area contributed by atoms with Gasteiger partial charge in [-0.25, -0.2) is 0 Å². The first-order valence-electron chi connectivity index (χ1n) is 11.7. The number of aliphatic hydroxyl groups is 2. The molecule has 0 saturated heterocycles. The fraction of sp³-hybridized carbons (Fsp3) is 0.577. The van der Waals surface area contributed by atoms with Crippen LogP contribution in [0.4, 0.5) is 13.2 Å². The molecular weight excluding hydrogens is 449 g/mol. The summed E-state index contributed by atoms with van der Waals surface area (Å²) in [7, 11) is 0. The molecule has 4 atom stereocenters. The van der Waals surface area contributed by atoms with Crippen LogP contribution in [0, 0.1) is 11.8 Å². The van der Waals surface area contributed by atoms with Crippen molar-refractivity contribution in [3.05, 3.63) is 54.1 Å². The summed E-state index contributed by atoms with van der Waals surface area (Å²) in [4.78, 5) is 11.5. The third-order valence-corrected chi connectivity index (χ3v) is 5.68. The SMILES string of the molecule is CC(C)OC(=O)CCC/C=C\C[C@H]1C(O)CC(O)C1/C=C/CCOc1cccc(C(F)(F)F)c1. The molecule has 34 heavy (non-hydrogen) atoms. The minimum absolute atomic E-state index is 0.115. The number of carbonyl (C=O) groups is 1. The second-order valence-corrected chi connectivity index (χ2v) is 8.84. The van der Waals surface area contributed by atoms with Crippen molar-refractivity contribution in [2.24, 2.45) is 11.8 Å². The van der Waals surface area contributed by atoms with Crippen molar-refractivity contribution in [2.45, 2.75) is 76.9 Å². The molecule has 0 radical (unpaired) electrons. The van der Waals surface area contributed by atoms with Gasteiger partial charge >= 0.3 is 12.1 Å². The Kier molecular flexibility index (Phi) is 11.1. The average molecular weight is 485 g/mol. The fourth-order valence-corrected chi connectivity index (χ4v) is 4.02. The molecule has 1 saturated carbocycles. The van der Waals surface area contributed by atoms with E-state index in [1.54, 1.807) is 0 Å². The maximum Gasteiger partial charge on any atom is 0.416 e. The van der Waals surface area contributed by atoms with E-state index < -0.39 is 23.9 Å². The summed E-state index contributed by atoms with van der Waals surface area (Å²) >= 11 is 0. The first kappa shape index (κ1) is 27.9. The average Bonchev–Trinajstić information content (AvgIpc) is 3.01. The number of benzene rings is 1. The number of aliphatic hydroxyl groups excluding tert-OH is 2. The van der Waals surface area contributed by atoms with Crippen LogP contribution in [0.25, 0.3) is 0 Å². The molecule has 2 rings (SSSR count). The van der Waals surface area contributed by atoms with Gasteiger partial charge in [0.25, 0.3) is 0 Å². The van der Waals surface area contributed by atoms with Crippen molar-refractivity contribution in [2.75, 3.05) is 6.61 Å². The zero-order valence-corrected chi connectivity index (χ0v) is 19.7. The first-order chi connectivity index (χ1) is 16.1. The molecule has 1 aliphatic rings. The van der Waals surface area contributed by atoms with E-state index in [1.807, 2.05) is 38.2 Å². The van der Waals surface area contributed by atoms with Gasteiger partial charge in [0.05, 0.1) is 30.5 Å². The Hall–Kier alpha value is -2.32. The quantitative estimate of drug-likeness (QED) is 0.234. The molecule has 0 aromatic heterocycles. The van der Waals surface area contributed by atoms with Crippen LogP contribution in [0.5, 0.6) is 5.75 Å². The normalized spacial score (nSPS) is 23.3. The number of allylic oxidation sites excluding steroid dienone is 2. The molecular formula is C26H35F3O5. The van der Waals surface area contributed by atoms with E-state index in [9.17, 15) is 28.2 Å². The number of hydrogen-bond donors (Lipinski definition) is 2. The monoisotopic (exact) mass is 484 g/mol. The third kappa shape index (κ3) is 9.50. The molecule has 5 nitrogen and oxygen atoms in total. The summed E-state index contributed by atoms with van der Waals surface area (Å²) in [6, 6.07) is 4.75. The van der Waals surface area contributed by atoms with Gasteiger partial charge in [-0.1, -0.05) is 30.4 Å². The second kappa shape index (κ2) is 13.5. The topological polar surface area (TPSA) is 76.0 Å². The Balaban J connectivity index is 1.76. The highest BCUT2D eigenvalue weighted by atomic mass is 19.4. The number of alkyl halides is 3. The highest BCUT2D eigenvalue weighted by Crippen LogP contribution is 2.36. The maximum atomic E-state index is 12.8. The number of halogens is 3. The molecule has 1 aliphatic carbocycles. The molecule has 8 heteroatoms. The highest BCUT2D eigenvalue weighted by Gasteiger charge is 2.39. The Morgan fingerprint density at radius 1 is 1.15 bits per heavy atom. The molecule has 1 fully saturated rings. The minimum atomic E-state index is -4.41. The minimum Gasteiger partial charge on any atom is -0.493 e. The summed E-state index contributed by atoms with van der Waals surface area (Å²) < 4.78 is 48.8. The van der Waals surface area contributed by atoms with Gasteiger partial charge < -0.3 is 19.7 Å². The van der Waals surface area contributed by atoms with Crippen LogP contribution in [0.1, 0.15) is 57.9 Å². The Morgan fingerprint density at radius 2 is 1.91 bits per heavy atom. The standard InChI is InChI=1S/C26H35F3O5/c1-18(2)34-25(32)14-6-4-3-5-12-21-22(24(31)17-23(21)30)13-7-8-15-33-20-11-9-10-19(16-20)26(27,28)29/h3,5,7,9-11,13,16,18,21-24,30-31H,4,6,8,12,14-15,17H2,1-2H3/b5-3-,13-7+/t21-,22?,23?,24?/m1/s1. The largest absolute Gasteiger partial charge is 0.493 e. The number of hydrogen-bond acceptors (Lipinski definition) is 5. The van der Waals surface area contributed by atoms with Crippen LogP contribution < -0.4 is 4.74 Å². The number of carbonyl (C=O) groups excluding carboxylic acids is 1. The zero-order valence-electron chi connectivity index (χ0n) is 19.7. The lowest BCUT2D eigenvalue weighted by Crippen LogP contribution is -2.19. The van der Waals surface area contributed by atoms with E-state index in [0.717, 1.165) is 18.6 Å². The Bertz CT molecular complexity index is 819. The van der Waals surface area contributed by atoms with Crippen LogP contribution in [-0.4, -0.2) is 41.1 Å². The fourth-order valence-electron chi connectivity index (χ4n) is 4.02. The lowest BCUT2D eigenvalue weighted by Gasteiger charge is -2.19. The molecule has 1 aromatic rings. The summed E-state index contributed by atoms with van der Waals surface area (Å²) in [5.41, 5.74) is -0.755. The van der Waals surface area contributed by atoms with Gasteiger partial charge in [-0.3, -0.25) is 4.79 Å². The van der Waals surface area contributed by atoms with Crippen LogP contribution in [0.3, 0.4) is 0 Å². The smallest absolute Gasteiger partial charge is 0.416 e. The molecule has 2 N–H and O–H groups in total. The van der Waals surface area contributed by atoms with Gasteiger partial charge in [-0.15, -0.1) is 0 Å². The molecule has 1 aromatic carbocycles. The third-order valence-electron chi connectivity index (χ3n) is 5.68. The Labute approximate surface area is 199 Å². The molecule has 0 bridgehead atoms. The van der Waals surface area contributed by atoms with E-state index in [1.165, 1.54) is 12.1 Å². The number of esters is 1. The van der Waals surface area contributed by atoms with Gasteiger partial charge in [0, 0.05) is 18.8 Å². The maximum absolute atomic E-state index is 12.8. The van der Waals surface area contributed by atoms with Crippen LogP contribution >= 0.6 is 0 Å². The van der Waals surface area contributed by atoms with Crippen LogP contribution in [0.15, 0.2) is 48.6 Å². The zero-order chi connectivity index (χ0) is 25.1. The number of ether oxygens (including phenoxy) is 2. The summed E-state index contributed by atoms with van der Waals surface area (Å²) in [5.74, 6) is -0.396. The van der Waals surface area contributed by atoms with Crippen molar-refractivity contribution in [3.63, 3.8) is 0 Å². The number of rotatable bonds is 12. The molecule has 3 unspecified atom stereocenters. The predicted molar refractivity (Wildman–Crippen MR) is 123 cm³/mol. The molecule has 190 valence electrons. The van der Waals surface area contributed by atoms with E-state index in [0.29, 0.717) is 32.1 Å². The number of unbranched alkanes of at least 4 members (excludes halogenated alkanes) is 1. The van der Waals surface area contributed by atoms with Crippen LogP contribution in [0.2, 0.25) is 0 Å². The van der Waals surface area contributed by atoms with Crippen molar-refractivity contribution in [1.82, 2.24) is 0 Å². The molecule has 0 amide bonds. The Morgan fingerprint density at radius 3 is 2.62 bits per heavy atom. The second-order valence-electron chi connectivity index (χ2n) is 8.84. The van der Waals surface area contributed by atoms with E-state index in [2.05, 4.69) is 0 Å². The van der Waals surface area contributed by atoms with Crippen molar-refractivity contribution in [1.29, 1.82) is 0 Å². The van der Waals surface area contributed by atoms with E-state index in [-0.39, 0.29) is 36.3 Å². The van der Waals surface area contributed by atoms with Gasteiger partial charge in [-0.2, -0.15) is 13.2 Å². The highest BCUT2D eigenvalue weighted by molar-refractivity contribution is 5.69. The molecule has 0 aliphatic heterocycles. The van der Waals surface area contributed by atoms with Crippen molar-refractivity contribution < 1.29 is 37.7 Å². The molecule has 0 spiro atoms. The van der Waals surface area contributed by atoms with Gasteiger partial charge in [-0.05, 0) is 63.6 Å². The van der Waals surface area contributed by atoms with Gasteiger partial charge in [0.15, 0.2) is 0 Å². The summed E-state index contributed by atoms with van der Waals surface area (Å²) in [5, 5.41) is 20.6. The van der Waals surface area contributed by atoms with Gasteiger partial charge in [0.1, 0.15) is 5.75 Å². The summed E-state index contributed by atoms with van der Waals surface area (Å²) in [6.45, 7) is 3.83. The summed E-state index contributed by atoms with van der Waals surface area (Å²) in [6.07, 6.45) is 4.98. The van der Waals surface area contributed by atoms with Gasteiger partial charge in [0.2, 0.25) is 0 Å². The first-order valence-corrected chi connectivity index (χ1v) is 11.7. The van der Waals surface area contributed by atoms with Crippen molar-refractivity contribution in [3.8, 4) is 5.75 Å². The van der Waals surface area contributed by atoms with Crippen molar-refractivity contribution >= 4 is 5.97 Å². The van der Waals surface area contributed by atoms with E-state index >= 15 is 0 Å². The predicted octanol–water partition coefficient (Wildman–Crippen LogP) is 5.46. The lowest BCUT2D eigenvalue weighted by molar-refractivity contribution is -0.147. The van der Waals surface area contributed by atoms with Crippen LogP contribution in [-0.2, 0) is 15.7 Å². The van der Waals surface area contributed by atoms with E-state index in [4.69, 9.17) is 9.47 Å². The molecule has 0 heterocycles. The lowest BCUT2D eigenvalue weighted by atomic mass is 9.90.